The van der Waals surface area contributed by atoms with E-state index >= 15 is 0 Å². The number of rotatable bonds is 5. The Balaban J connectivity index is 1.94. The highest BCUT2D eigenvalue weighted by atomic mass is 16.1. The molecule has 24 heavy (non-hydrogen) atoms. The van der Waals surface area contributed by atoms with E-state index in [2.05, 4.69) is 5.32 Å². The highest BCUT2D eigenvalue weighted by molar-refractivity contribution is 6.29. The summed E-state index contributed by atoms with van der Waals surface area (Å²) in [7, 11) is 0. The molecule has 0 amide bonds. The largest absolute Gasteiger partial charge is 0.361 e. The Hall–Kier alpha value is -3.13. The summed E-state index contributed by atoms with van der Waals surface area (Å²) in [6.07, 6.45) is 1.79. The van der Waals surface area contributed by atoms with Crippen LogP contribution in [0.1, 0.15) is 21.5 Å². The number of ketones is 1. The van der Waals surface area contributed by atoms with Gasteiger partial charge in [0.15, 0.2) is 5.78 Å². The maximum Gasteiger partial charge on any atom is 0.195 e. The van der Waals surface area contributed by atoms with Crippen molar-refractivity contribution in [3.05, 3.63) is 108 Å². The molecule has 118 valence electrons. The van der Waals surface area contributed by atoms with E-state index in [1.807, 2.05) is 91.9 Å². The van der Waals surface area contributed by atoms with E-state index in [4.69, 9.17) is 0 Å². The van der Waals surface area contributed by atoms with Crippen LogP contribution < -0.4 is 5.32 Å². The van der Waals surface area contributed by atoms with Crippen molar-refractivity contribution in [3.8, 4) is 0 Å². The molecule has 0 saturated heterocycles. The fraction of sp³-hybridized carbons (Fsp3) is 0.0455. The molecule has 2 nitrogen and oxygen atoms in total. The monoisotopic (exact) mass is 313 g/mol. The molecule has 0 unspecified atom stereocenters. The Kier molecular flexibility index (Phi) is 4.87. The van der Waals surface area contributed by atoms with Crippen LogP contribution in [0.4, 0.5) is 5.69 Å². The van der Waals surface area contributed by atoms with Crippen LogP contribution in [0, 0.1) is 6.92 Å². The highest BCUT2D eigenvalue weighted by Gasteiger charge is 2.13. The van der Waals surface area contributed by atoms with Gasteiger partial charge in [-0.2, -0.15) is 0 Å². The van der Waals surface area contributed by atoms with Gasteiger partial charge in [-0.15, -0.1) is 0 Å². The third kappa shape index (κ3) is 3.79. The molecule has 0 aliphatic heterocycles. The van der Waals surface area contributed by atoms with Gasteiger partial charge in [-0.25, -0.2) is 0 Å². The molecule has 3 rings (SSSR count). The Morgan fingerprint density at radius 2 is 1.29 bits per heavy atom. The summed E-state index contributed by atoms with van der Waals surface area (Å²) >= 11 is 0. The van der Waals surface area contributed by atoms with Crippen molar-refractivity contribution in [2.45, 2.75) is 6.92 Å². The van der Waals surface area contributed by atoms with E-state index in [1.165, 1.54) is 5.56 Å². The van der Waals surface area contributed by atoms with Gasteiger partial charge in [0.1, 0.15) is 0 Å². The number of allylic oxidation sites excluding steroid dienone is 1. The second-order valence-electron chi connectivity index (χ2n) is 5.63. The standard InChI is InChI=1S/C22H19NO/c1-17-12-14-20(15-13-17)23-16-21(18-8-4-2-5-9-18)22(24)19-10-6-3-7-11-19/h2-16,23H,1H3. The number of hydrogen-bond donors (Lipinski definition) is 1. The van der Waals surface area contributed by atoms with Gasteiger partial charge in [-0.3, -0.25) is 4.79 Å². The zero-order chi connectivity index (χ0) is 16.8. The second kappa shape index (κ2) is 7.42. The molecule has 0 aliphatic carbocycles. The van der Waals surface area contributed by atoms with Gasteiger partial charge < -0.3 is 5.32 Å². The number of nitrogens with one attached hydrogen (secondary N) is 1. The minimum absolute atomic E-state index is 0.00131. The van der Waals surface area contributed by atoms with Crippen molar-refractivity contribution < 1.29 is 4.79 Å². The minimum atomic E-state index is 0.00131. The Morgan fingerprint density at radius 3 is 1.88 bits per heavy atom. The van der Waals surface area contributed by atoms with E-state index in [9.17, 15) is 4.79 Å². The van der Waals surface area contributed by atoms with Gasteiger partial charge >= 0.3 is 0 Å². The molecule has 0 fully saturated rings. The quantitative estimate of drug-likeness (QED) is 0.509. The average Bonchev–Trinajstić information content (AvgIpc) is 2.65. The summed E-state index contributed by atoms with van der Waals surface area (Å²) in [6, 6.07) is 27.1. The number of anilines is 1. The Bertz CT molecular complexity index is 834. The average molecular weight is 313 g/mol. The van der Waals surface area contributed by atoms with Crippen molar-refractivity contribution in [3.63, 3.8) is 0 Å². The fourth-order valence-electron chi connectivity index (χ4n) is 2.45. The van der Waals surface area contributed by atoms with Crippen LogP contribution in [0.25, 0.3) is 5.57 Å². The summed E-state index contributed by atoms with van der Waals surface area (Å²) in [4.78, 5) is 12.9. The maximum atomic E-state index is 12.9. The molecule has 0 saturated carbocycles. The van der Waals surface area contributed by atoms with E-state index < -0.39 is 0 Å². The molecule has 2 heteroatoms. The Morgan fingerprint density at radius 1 is 0.750 bits per heavy atom. The number of aryl methyl sites for hydroxylation is 1. The van der Waals surface area contributed by atoms with E-state index in [0.717, 1.165) is 11.3 Å². The molecule has 3 aromatic rings. The van der Waals surface area contributed by atoms with Crippen molar-refractivity contribution in [2.75, 3.05) is 5.32 Å². The van der Waals surface area contributed by atoms with Crippen molar-refractivity contribution >= 4 is 17.0 Å². The van der Waals surface area contributed by atoms with Crippen LogP contribution in [-0.2, 0) is 0 Å². The lowest BCUT2D eigenvalue weighted by atomic mass is 9.97. The van der Waals surface area contributed by atoms with Crippen molar-refractivity contribution in [2.24, 2.45) is 0 Å². The minimum Gasteiger partial charge on any atom is -0.361 e. The number of Topliss-reactive ketones (excluding diaryl/α,β-unsaturated/α-hetero) is 1. The number of carbonyl (C=O) groups excluding carboxylic acids is 1. The molecule has 0 bridgehead atoms. The SMILES string of the molecule is Cc1ccc(NC=C(C(=O)c2ccccc2)c2ccccc2)cc1. The normalized spacial score (nSPS) is 11.1. The second-order valence-corrected chi connectivity index (χ2v) is 5.63. The van der Waals surface area contributed by atoms with E-state index in [1.54, 1.807) is 6.20 Å². The lowest BCUT2D eigenvalue weighted by Crippen LogP contribution is -2.05. The van der Waals surface area contributed by atoms with Crippen LogP contribution in [0.5, 0.6) is 0 Å². The molecule has 3 aromatic carbocycles. The summed E-state index contributed by atoms with van der Waals surface area (Å²) in [5, 5.41) is 3.24. The summed E-state index contributed by atoms with van der Waals surface area (Å²) in [5.74, 6) is 0.00131. The summed E-state index contributed by atoms with van der Waals surface area (Å²) in [6.45, 7) is 2.05. The van der Waals surface area contributed by atoms with E-state index in [0.29, 0.717) is 11.1 Å². The van der Waals surface area contributed by atoms with Crippen molar-refractivity contribution in [1.82, 2.24) is 0 Å². The summed E-state index contributed by atoms with van der Waals surface area (Å²) in [5.41, 5.74) is 4.37. The van der Waals surface area contributed by atoms with Crippen LogP contribution in [-0.4, -0.2) is 5.78 Å². The van der Waals surface area contributed by atoms with Gasteiger partial charge in [0, 0.05) is 23.0 Å². The van der Waals surface area contributed by atoms with Gasteiger partial charge in [0.05, 0.1) is 0 Å². The predicted molar refractivity (Wildman–Crippen MR) is 100.0 cm³/mol. The number of hydrogen-bond acceptors (Lipinski definition) is 2. The molecule has 0 spiro atoms. The molecule has 0 aliphatic rings. The first-order valence-electron chi connectivity index (χ1n) is 7.92. The topological polar surface area (TPSA) is 29.1 Å². The molecule has 1 N–H and O–H groups in total. The third-order valence-electron chi connectivity index (χ3n) is 3.80. The van der Waals surface area contributed by atoms with Crippen LogP contribution in [0.15, 0.2) is 91.1 Å². The third-order valence-corrected chi connectivity index (χ3v) is 3.80. The molecule has 0 aromatic heterocycles. The number of benzene rings is 3. The molecule has 0 atom stereocenters. The molecular formula is C22H19NO. The maximum absolute atomic E-state index is 12.9. The molecular weight excluding hydrogens is 294 g/mol. The zero-order valence-electron chi connectivity index (χ0n) is 13.6. The predicted octanol–water partition coefficient (Wildman–Crippen LogP) is 5.33. The van der Waals surface area contributed by atoms with Gasteiger partial charge in [-0.05, 0) is 24.6 Å². The lowest BCUT2D eigenvalue weighted by molar-refractivity contribution is 0.105. The molecule has 0 heterocycles. The van der Waals surface area contributed by atoms with Gasteiger partial charge in [-0.1, -0.05) is 78.4 Å². The zero-order valence-corrected chi connectivity index (χ0v) is 13.6. The van der Waals surface area contributed by atoms with Gasteiger partial charge in [0.25, 0.3) is 0 Å². The van der Waals surface area contributed by atoms with E-state index in [-0.39, 0.29) is 5.78 Å². The molecule has 0 radical (unpaired) electrons. The van der Waals surface area contributed by atoms with Crippen LogP contribution >= 0.6 is 0 Å². The summed E-state index contributed by atoms with van der Waals surface area (Å²) < 4.78 is 0. The smallest absolute Gasteiger partial charge is 0.195 e. The van der Waals surface area contributed by atoms with Gasteiger partial charge in [0.2, 0.25) is 0 Å². The first-order valence-corrected chi connectivity index (χ1v) is 7.92. The fourth-order valence-corrected chi connectivity index (χ4v) is 2.45. The first kappa shape index (κ1) is 15.8. The lowest BCUT2D eigenvalue weighted by Gasteiger charge is -2.09. The highest BCUT2D eigenvalue weighted by Crippen LogP contribution is 2.20. The first-order chi connectivity index (χ1) is 11.7. The van der Waals surface area contributed by atoms with Crippen LogP contribution in [0.2, 0.25) is 0 Å². The van der Waals surface area contributed by atoms with Crippen LogP contribution in [0.3, 0.4) is 0 Å². The van der Waals surface area contributed by atoms with Crippen molar-refractivity contribution in [1.29, 1.82) is 0 Å². The number of carbonyl (C=O) groups is 1. The Labute approximate surface area is 142 Å².